The predicted octanol–water partition coefficient (Wildman–Crippen LogP) is 0.314. The zero-order valence-electron chi connectivity index (χ0n) is 13.9. The van der Waals surface area contributed by atoms with Gasteiger partial charge >= 0.3 is 6.03 Å². The molecule has 2 rings (SSSR count). The van der Waals surface area contributed by atoms with Crippen LogP contribution in [0.15, 0.2) is 11.6 Å². The lowest BCUT2D eigenvalue weighted by Gasteiger charge is -2.33. The van der Waals surface area contributed by atoms with E-state index in [2.05, 4.69) is 16.3 Å². The van der Waals surface area contributed by atoms with E-state index in [1.165, 1.54) is 16.9 Å². The summed E-state index contributed by atoms with van der Waals surface area (Å²) >= 11 is 0. The molecule has 7 heteroatoms. The van der Waals surface area contributed by atoms with E-state index in [9.17, 15) is 9.59 Å². The third-order valence-corrected chi connectivity index (χ3v) is 4.26. The molecule has 1 aliphatic carbocycles. The Morgan fingerprint density at radius 3 is 3.00 bits per heavy atom. The van der Waals surface area contributed by atoms with Gasteiger partial charge in [-0.2, -0.15) is 0 Å². The number of rotatable bonds is 7. The highest BCUT2D eigenvalue weighted by molar-refractivity contribution is 5.82. The van der Waals surface area contributed by atoms with Crippen LogP contribution in [-0.4, -0.2) is 74.2 Å². The van der Waals surface area contributed by atoms with Crippen molar-refractivity contribution in [2.45, 2.75) is 31.8 Å². The SMILES string of the molecule is CN1CCO[C@H](CN(CC(N)=O)C(=O)NCCC2=CCCC2)C1. The Morgan fingerprint density at radius 2 is 2.35 bits per heavy atom. The fourth-order valence-electron chi connectivity index (χ4n) is 3.04. The fourth-order valence-corrected chi connectivity index (χ4v) is 3.04. The van der Waals surface area contributed by atoms with Gasteiger partial charge < -0.3 is 25.6 Å². The smallest absolute Gasteiger partial charge is 0.317 e. The number of ether oxygens (including phenoxy) is 1. The summed E-state index contributed by atoms with van der Waals surface area (Å²) in [6.07, 6.45) is 6.52. The van der Waals surface area contributed by atoms with E-state index in [1.54, 1.807) is 0 Å². The van der Waals surface area contributed by atoms with Crippen LogP contribution in [0, 0.1) is 0 Å². The van der Waals surface area contributed by atoms with Gasteiger partial charge in [-0.1, -0.05) is 11.6 Å². The number of hydrogen-bond acceptors (Lipinski definition) is 4. The number of urea groups is 1. The highest BCUT2D eigenvalue weighted by Gasteiger charge is 2.24. The number of primary amides is 1. The molecule has 7 nitrogen and oxygen atoms in total. The van der Waals surface area contributed by atoms with Gasteiger partial charge in [0.05, 0.1) is 19.3 Å². The minimum Gasteiger partial charge on any atom is -0.374 e. The van der Waals surface area contributed by atoms with E-state index in [4.69, 9.17) is 10.5 Å². The van der Waals surface area contributed by atoms with E-state index < -0.39 is 5.91 Å². The molecular formula is C16H28N4O3. The molecule has 1 fully saturated rings. The van der Waals surface area contributed by atoms with E-state index in [0.717, 1.165) is 32.4 Å². The molecule has 23 heavy (non-hydrogen) atoms. The molecule has 0 saturated carbocycles. The van der Waals surface area contributed by atoms with Crippen molar-refractivity contribution in [1.29, 1.82) is 0 Å². The van der Waals surface area contributed by atoms with Crippen LogP contribution in [0.5, 0.6) is 0 Å². The Hall–Kier alpha value is -1.60. The molecule has 0 unspecified atom stereocenters. The van der Waals surface area contributed by atoms with Crippen LogP contribution in [0.3, 0.4) is 0 Å². The summed E-state index contributed by atoms with van der Waals surface area (Å²) in [5.41, 5.74) is 6.68. The number of allylic oxidation sites excluding steroid dienone is 1. The predicted molar refractivity (Wildman–Crippen MR) is 88.0 cm³/mol. The topological polar surface area (TPSA) is 87.9 Å². The monoisotopic (exact) mass is 324 g/mol. The second-order valence-electron chi connectivity index (χ2n) is 6.34. The Bertz CT molecular complexity index is 453. The van der Waals surface area contributed by atoms with Crippen molar-refractivity contribution in [2.24, 2.45) is 5.73 Å². The van der Waals surface area contributed by atoms with Crippen LogP contribution in [0.2, 0.25) is 0 Å². The molecule has 2 aliphatic rings. The van der Waals surface area contributed by atoms with Crippen LogP contribution in [0.25, 0.3) is 0 Å². The Labute approximate surface area is 137 Å². The molecule has 0 radical (unpaired) electrons. The molecule has 0 aromatic rings. The maximum atomic E-state index is 12.3. The number of carbonyl (C=O) groups is 2. The zero-order chi connectivity index (χ0) is 16.7. The molecule has 0 aromatic carbocycles. The van der Waals surface area contributed by atoms with Crippen molar-refractivity contribution < 1.29 is 14.3 Å². The molecule has 0 bridgehead atoms. The standard InChI is InChI=1S/C16H28N4O3/c1-19-8-9-23-14(10-19)11-20(12-15(17)21)16(22)18-7-6-13-4-2-3-5-13/h4,14H,2-3,5-12H2,1H3,(H2,17,21)(H,18,22)/t14-/m0/s1. The summed E-state index contributed by atoms with van der Waals surface area (Å²) in [6.45, 7) is 3.15. The molecule has 0 spiro atoms. The fraction of sp³-hybridized carbons (Fsp3) is 0.750. The third kappa shape index (κ3) is 6.19. The van der Waals surface area contributed by atoms with E-state index in [1.807, 2.05) is 7.05 Å². The second-order valence-corrected chi connectivity index (χ2v) is 6.34. The first-order valence-corrected chi connectivity index (χ1v) is 8.33. The number of amides is 3. The van der Waals surface area contributed by atoms with Crippen molar-refractivity contribution in [1.82, 2.24) is 15.1 Å². The van der Waals surface area contributed by atoms with Crippen molar-refractivity contribution in [3.63, 3.8) is 0 Å². The van der Waals surface area contributed by atoms with Gasteiger partial charge in [0.25, 0.3) is 0 Å². The van der Waals surface area contributed by atoms with E-state index in [-0.39, 0.29) is 18.7 Å². The highest BCUT2D eigenvalue weighted by atomic mass is 16.5. The summed E-state index contributed by atoms with van der Waals surface area (Å²) in [5.74, 6) is -0.511. The number of likely N-dealkylation sites (N-methyl/N-ethyl adjacent to an activating group) is 1. The first kappa shape index (κ1) is 17.7. The first-order valence-electron chi connectivity index (χ1n) is 8.33. The van der Waals surface area contributed by atoms with Crippen molar-refractivity contribution in [2.75, 3.05) is 46.4 Å². The zero-order valence-corrected chi connectivity index (χ0v) is 13.9. The van der Waals surface area contributed by atoms with Gasteiger partial charge in [-0.15, -0.1) is 0 Å². The molecule has 1 aliphatic heterocycles. The molecule has 3 amide bonds. The minimum atomic E-state index is -0.511. The number of carbonyl (C=O) groups excluding carboxylic acids is 2. The minimum absolute atomic E-state index is 0.0852. The maximum absolute atomic E-state index is 12.3. The second kappa shape index (κ2) is 8.88. The number of nitrogens with zero attached hydrogens (tertiary/aromatic N) is 2. The number of nitrogens with two attached hydrogens (primary N) is 1. The normalized spacial score (nSPS) is 21.8. The maximum Gasteiger partial charge on any atom is 0.317 e. The van der Waals surface area contributed by atoms with Gasteiger partial charge in [-0.05, 0) is 32.7 Å². The molecule has 130 valence electrons. The Kier molecular flexibility index (Phi) is 6.85. The molecule has 1 heterocycles. The lowest BCUT2D eigenvalue weighted by Crippen LogP contribution is -2.52. The quantitative estimate of drug-likeness (QED) is 0.660. The van der Waals surface area contributed by atoms with Crippen molar-refractivity contribution in [3.05, 3.63) is 11.6 Å². The van der Waals surface area contributed by atoms with Gasteiger partial charge in [-0.3, -0.25) is 4.79 Å². The number of morpholine rings is 1. The first-order chi connectivity index (χ1) is 11.0. The third-order valence-electron chi connectivity index (χ3n) is 4.26. The van der Waals surface area contributed by atoms with E-state index in [0.29, 0.717) is 19.7 Å². The van der Waals surface area contributed by atoms with Gasteiger partial charge in [0.15, 0.2) is 0 Å². The highest BCUT2D eigenvalue weighted by Crippen LogP contribution is 2.19. The molecule has 3 N–H and O–H groups in total. The van der Waals surface area contributed by atoms with Crippen molar-refractivity contribution in [3.8, 4) is 0 Å². The summed E-state index contributed by atoms with van der Waals surface area (Å²) in [7, 11) is 2.02. The van der Waals surface area contributed by atoms with Crippen LogP contribution in [-0.2, 0) is 9.53 Å². The van der Waals surface area contributed by atoms with Crippen LogP contribution in [0.4, 0.5) is 4.79 Å². The molecule has 1 saturated heterocycles. The van der Waals surface area contributed by atoms with Crippen LogP contribution in [0.1, 0.15) is 25.7 Å². The molecule has 1 atom stereocenters. The summed E-state index contributed by atoms with van der Waals surface area (Å²) in [5, 5.41) is 2.89. The van der Waals surface area contributed by atoms with Crippen LogP contribution < -0.4 is 11.1 Å². The summed E-state index contributed by atoms with van der Waals surface area (Å²) < 4.78 is 5.67. The van der Waals surface area contributed by atoms with E-state index >= 15 is 0 Å². The summed E-state index contributed by atoms with van der Waals surface area (Å²) in [4.78, 5) is 27.2. The Morgan fingerprint density at radius 1 is 1.52 bits per heavy atom. The largest absolute Gasteiger partial charge is 0.374 e. The van der Waals surface area contributed by atoms with Crippen molar-refractivity contribution >= 4 is 11.9 Å². The number of nitrogens with one attached hydrogen (secondary N) is 1. The van der Waals surface area contributed by atoms with Gasteiger partial charge in [0, 0.05) is 19.6 Å². The average Bonchev–Trinajstić information content (AvgIpc) is 2.99. The van der Waals surface area contributed by atoms with Gasteiger partial charge in [-0.25, -0.2) is 4.79 Å². The van der Waals surface area contributed by atoms with Crippen LogP contribution >= 0.6 is 0 Å². The number of hydrogen-bond donors (Lipinski definition) is 2. The molecule has 0 aromatic heterocycles. The summed E-state index contributed by atoms with van der Waals surface area (Å²) in [6, 6.07) is -0.251. The Balaban J connectivity index is 1.80. The molecular weight excluding hydrogens is 296 g/mol. The van der Waals surface area contributed by atoms with Gasteiger partial charge in [0.1, 0.15) is 6.54 Å². The average molecular weight is 324 g/mol. The lowest BCUT2D eigenvalue weighted by molar-refractivity contribution is -0.119. The van der Waals surface area contributed by atoms with Gasteiger partial charge in [0.2, 0.25) is 5.91 Å². The lowest BCUT2D eigenvalue weighted by atomic mass is 10.2.